The average molecular weight is 349 g/mol. The first-order valence-corrected chi connectivity index (χ1v) is 8.88. The number of aryl methyl sites for hydroxylation is 1. The van der Waals surface area contributed by atoms with Crippen molar-refractivity contribution in [3.63, 3.8) is 0 Å². The molecule has 1 aromatic carbocycles. The highest BCUT2D eigenvalue weighted by Crippen LogP contribution is 2.28. The van der Waals surface area contributed by atoms with Crippen LogP contribution in [-0.2, 0) is 13.0 Å². The molecule has 4 N–H and O–H groups in total. The highest BCUT2D eigenvalue weighted by atomic mass is 15.2. The Kier molecular flexibility index (Phi) is 4.30. The summed E-state index contributed by atoms with van der Waals surface area (Å²) in [4.78, 5) is 11.4. The van der Waals surface area contributed by atoms with Crippen molar-refractivity contribution in [3.05, 3.63) is 47.3 Å². The van der Waals surface area contributed by atoms with Gasteiger partial charge in [0.1, 0.15) is 5.69 Å². The normalized spacial score (nSPS) is 14.2. The molecule has 0 radical (unpaired) electrons. The molecule has 3 heterocycles. The Hall–Kier alpha value is -2.93. The first kappa shape index (κ1) is 16.5. The van der Waals surface area contributed by atoms with Crippen LogP contribution in [0.1, 0.15) is 23.7 Å². The van der Waals surface area contributed by atoms with Crippen molar-refractivity contribution in [1.82, 2.24) is 25.1 Å². The van der Waals surface area contributed by atoms with Crippen molar-refractivity contribution < 1.29 is 0 Å². The Morgan fingerprint density at radius 1 is 1.23 bits per heavy atom. The van der Waals surface area contributed by atoms with Crippen molar-refractivity contribution in [2.24, 2.45) is 0 Å². The number of nitrogens with two attached hydrogens (primary N) is 1. The van der Waals surface area contributed by atoms with Gasteiger partial charge in [-0.3, -0.25) is 10.00 Å². The Morgan fingerprint density at radius 3 is 2.85 bits per heavy atom. The van der Waals surface area contributed by atoms with Gasteiger partial charge in [0.25, 0.3) is 0 Å². The lowest BCUT2D eigenvalue weighted by Gasteiger charge is -2.27. The van der Waals surface area contributed by atoms with Crippen LogP contribution in [0.2, 0.25) is 0 Å². The molecule has 0 saturated heterocycles. The average Bonchev–Trinajstić information content (AvgIpc) is 3.05. The molecule has 0 atom stereocenters. The van der Waals surface area contributed by atoms with E-state index in [1.165, 1.54) is 11.1 Å². The van der Waals surface area contributed by atoms with E-state index in [-0.39, 0.29) is 0 Å². The smallest absolute Gasteiger partial charge is 0.153 e. The van der Waals surface area contributed by atoms with Crippen LogP contribution in [0.15, 0.2) is 30.5 Å². The molecule has 0 saturated carbocycles. The van der Waals surface area contributed by atoms with Crippen molar-refractivity contribution in [2.75, 3.05) is 24.1 Å². The minimum Gasteiger partial charge on any atom is -0.382 e. The van der Waals surface area contributed by atoms with Crippen molar-refractivity contribution >= 4 is 17.5 Å². The lowest BCUT2D eigenvalue weighted by Crippen LogP contribution is -2.30. The second-order valence-electron chi connectivity index (χ2n) is 6.65. The van der Waals surface area contributed by atoms with Crippen LogP contribution in [-0.4, -0.2) is 38.2 Å². The molecule has 0 fully saturated rings. The Balaban J connectivity index is 1.60. The van der Waals surface area contributed by atoms with E-state index >= 15 is 0 Å². The number of anilines is 3. The second-order valence-corrected chi connectivity index (χ2v) is 6.65. The van der Waals surface area contributed by atoms with E-state index in [2.05, 4.69) is 55.5 Å². The zero-order valence-electron chi connectivity index (χ0n) is 15.1. The third-order valence-corrected chi connectivity index (χ3v) is 4.78. The van der Waals surface area contributed by atoms with Crippen LogP contribution < -0.4 is 11.1 Å². The number of fused-ring (bicyclic) bond motifs is 1. The van der Waals surface area contributed by atoms with Gasteiger partial charge in [0.15, 0.2) is 17.5 Å². The first-order chi connectivity index (χ1) is 12.6. The van der Waals surface area contributed by atoms with Gasteiger partial charge in [-0.1, -0.05) is 19.1 Å². The Morgan fingerprint density at radius 2 is 2.12 bits per heavy atom. The number of hydrogen-bond donors (Lipinski definition) is 3. The summed E-state index contributed by atoms with van der Waals surface area (Å²) < 4.78 is 0. The SMILES string of the molecule is CCN1CCc2ccc(-c3ncc(Nc4cc(C)[nH]n4)nc3N)cc2C1. The highest BCUT2D eigenvalue weighted by Gasteiger charge is 2.17. The van der Waals surface area contributed by atoms with Crippen molar-refractivity contribution in [3.8, 4) is 11.3 Å². The summed E-state index contributed by atoms with van der Waals surface area (Å²) in [6.07, 6.45) is 2.78. The Labute approximate surface area is 152 Å². The Bertz CT molecular complexity index is 931. The van der Waals surface area contributed by atoms with Crippen LogP contribution in [0.5, 0.6) is 0 Å². The summed E-state index contributed by atoms with van der Waals surface area (Å²) in [7, 11) is 0. The molecule has 2 aromatic heterocycles. The minimum absolute atomic E-state index is 0.408. The lowest BCUT2D eigenvalue weighted by atomic mass is 9.96. The molecule has 7 nitrogen and oxygen atoms in total. The summed E-state index contributed by atoms with van der Waals surface area (Å²) in [5.41, 5.74) is 11.7. The largest absolute Gasteiger partial charge is 0.382 e. The number of rotatable bonds is 4. The van der Waals surface area contributed by atoms with Gasteiger partial charge in [-0.15, -0.1) is 0 Å². The second kappa shape index (κ2) is 6.76. The zero-order chi connectivity index (χ0) is 18.1. The molecular weight excluding hydrogens is 326 g/mol. The van der Waals surface area contributed by atoms with E-state index in [0.29, 0.717) is 23.1 Å². The van der Waals surface area contributed by atoms with Gasteiger partial charge in [0, 0.05) is 30.4 Å². The van der Waals surface area contributed by atoms with E-state index in [1.807, 2.05) is 13.0 Å². The molecule has 0 aliphatic carbocycles. The van der Waals surface area contributed by atoms with Gasteiger partial charge in [-0.2, -0.15) is 5.10 Å². The summed E-state index contributed by atoms with van der Waals surface area (Å²) in [6.45, 7) is 7.31. The van der Waals surface area contributed by atoms with E-state index < -0.39 is 0 Å². The van der Waals surface area contributed by atoms with Gasteiger partial charge < -0.3 is 11.1 Å². The number of aromatic nitrogens is 4. The fourth-order valence-electron chi connectivity index (χ4n) is 3.33. The molecule has 0 amide bonds. The van der Waals surface area contributed by atoms with E-state index in [0.717, 1.165) is 37.3 Å². The molecule has 1 aliphatic rings. The predicted octanol–water partition coefficient (Wildman–Crippen LogP) is 2.88. The molecule has 3 aromatic rings. The molecular formula is C19H23N7. The molecule has 7 heteroatoms. The summed E-state index contributed by atoms with van der Waals surface area (Å²) in [5.74, 6) is 1.68. The fourth-order valence-corrected chi connectivity index (χ4v) is 3.33. The van der Waals surface area contributed by atoms with Crippen LogP contribution >= 0.6 is 0 Å². The number of nitrogen functional groups attached to an aromatic ring is 1. The van der Waals surface area contributed by atoms with Crippen molar-refractivity contribution in [2.45, 2.75) is 26.8 Å². The predicted molar refractivity (Wildman–Crippen MR) is 103 cm³/mol. The topological polar surface area (TPSA) is 95.8 Å². The zero-order valence-corrected chi connectivity index (χ0v) is 15.1. The lowest BCUT2D eigenvalue weighted by molar-refractivity contribution is 0.268. The first-order valence-electron chi connectivity index (χ1n) is 8.88. The van der Waals surface area contributed by atoms with Crippen LogP contribution in [0.4, 0.5) is 17.5 Å². The number of hydrogen-bond acceptors (Lipinski definition) is 6. The number of nitrogens with one attached hydrogen (secondary N) is 2. The quantitative estimate of drug-likeness (QED) is 0.670. The number of H-pyrrole nitrogens is 1. The molecule has 0 unspecified atom stereocenters. The number of benzene rings is 1. The van der Waals surface area contributed by atoms with Gasteiger partial charge >= 0.3 is 0 Å². The van der Waals surface area contributed by atoms with Gasteiger partial charge in [0.2, 0.25) is 0 Å². The molecule has 26 heavy (non-hydrogen) atoms. The highest BCUT2D eigenvalue weighted by molar-refractivity contribution is 5.72. The number of nitrogens with zero attached hydrogens (tertiary/aromatic N) is 4. The fraction of sp³-hybridized carbons (Fsp3) is 0.316. The molecule has 0 bridgehead atoms. The summed E-state index contributed by atoms with van der Waals surface area (Å²) >= 11 is 0. The molecule has 4 rings (SSSR count). The summed E-state index contributed by atoms with van der Waals surface area (Å²) in [6, 6.07) is 8.37. The molecule has 134 valence electrons. The standard InChI is InChI=1S/C19H23N7/c1-3-26-7-6-13-4-5-14(9-15(13)11-26)18-19(20)23-17(10-21-18)22-16-8-12(2)24-25-16/h4-5,8-10H,3,6-7,11H2,1-2H3,(H4,20,22,23,24,25). The van der Waals surface area contributed by atoms with Crippen molar-refractivity contribution in [1.29, 1.82) is 0 Å². The van der Waals surface area contributed by atoms with Crippen LogP contribution in [0, 0.1) is 6.92 Å². The van der Waals surface area contributed by atoms with Gasteiger partial charge in [0.05, 0.1) is 6.20 Å². The van der Waals surface area contributed by atoms with E-state index in [9.17, 15) is 0 Å². The molecule has 1 aliphatic heterocycles. The number of aromatic amines is 1. The maximum Gasteiger partial charge on any atom is 0.153 e. The minimum atomic E-state index is 0.408. The summed E-state index contributed by atoms with van der Waals surface area (Å²) in [5, 5.41) is 10.1. The van der Waals surface area contributed by atoms with Crippen LogP contribution in [0.25, 0.3) is 11.3 Å². The monoisotopic (exact) mass is 349 g/mol. The van der Waals surface area contributed by atoms with Crippen LogP contribution in [0.3, 0.4) is 0 Å². The molecule has 0 spiro atoms. The number of likely N-dealkylation sites (N-methyl/N-ethyl adjacent to an activating group) is 1. The third kappa shape index (κ3) is 3.25. The maximum absolute atomic E-state index is 6.19. The van der Waals surface area contributed by atoms with E-state index in [1.54, 1.807) is 6.20 Å². The van der Waals surface area contributed by atoms with E-state index in [4.69, 9.17) is 5.73 Å². The van der Waals surface area contributed by atoms with Gasteiger partial charge in [-0.25, -0.2) is 9.97 Å². The van der Waals surface area contributed by atoms with Gasteiger partial charge in [-0.05, 0) is 37.1 Å². The maximum atomic E-state index is 6.19. The third-order valence-electron chi connectivity index (χ3n) is 4.78.